The third-order valence-electron chi connectivity index (χ3n) is 2.91. The molecule has 2 aromatic rings. The predicted octanol–water partition coefficient (Wildman–Crippen LogP) is -0.453. The summed E-state index contributed by atoms with van der Waals surface area (Å²) in [4.78, 5) is 31.8. The van der Waals surface area contributed by atoms with Crippen LogP contribution in [0.15, 0.2) is 11.0 Å². The van der Waals surface area contributed by atoms with Gasteiger partial charge in [0.25, 0.3) is 5.56 Å². The summed E-state index contributed by atoms with van der Waals surface area (Å²) < 4.78 is 1.51. The number of aryl methyl sites for hydroxylation is 1. The molecule has 8 nitrogen and oxygen atoms in total. The van der Waals surface area contributed by atoms with Gasteiger partial charge in [0.2, 0.25) is 11.9 Å². The monoisotopic (exact) mass is 264 g/mol. The van der Waals surface area contributed by atoms with Gasteiger partial charge in [-0.25, -0.2) is 0 Å². The van der Waals surface area contributed by atoms with Gasteiger partial charge < -0.3 is 10.2 Å². The predicted molar refractivity (Wildman–Crippen MR) is 70.9 cm³/mol. The van der Waals surface area contributed by atoms with Crippen molar-refractivity contribution in [3.8, 4) is 0 Å². The summed E-state index contributed by atoms with van der Waals surface area (Å²) in [5, 5.41) is 7.20. The topological polar surface area (TPSA) is 95.9 Å². The van der Waals surface area contributed by atoms with Crippen LogP contribution in [0.1, 0.15) is 6.92 Å². The number of nitrogens with one attached hydrogen (secondary N) is 2. The number of anilines is 1. The molecule has 2 rings (SSSR count). The van der Waals surface area contributed by atoms with E-state index in [-0.39, 0.29) is 24.0 Å². The Morgan fingerprint density at radius 1 is 1.58 bits per heavy atom. The summed E-state index contributed by atoms with van der Waals surface area (Å²) in [7, 11) is 3.42. The minimum atomic E-state index is -0.281. The largest absolute Gasteiger partial charge is 0.347 e. The zero-order chi connectivity index (χ0) is 14.0. The fraction of sp³-hybridized carbons (Fsp3) is 0.455. The third-order valence-corrected chi connectivity index (χ3v) is 2.91. The van der Waals surface area contributed by atoms with Gasteiger partial charge in [-0.15, -0.1) is 0 Å². The van der Waals surface area contributed by atoms with Crippen molar-refractivity contribution in [2.24, 2.45) is 7.05 Å². The molecule has 0 saturated heterocycles. The maximum absolute atomic E-state index is 11.8. The molecule has 102 valence electrons. The van der Waals surface area contributed by atoms with Gasteiger partial charge in [-0.05, 0) is 6.92 Å². The highest BCUT2D eigenvalue weighted by atomic mass is 16.2. The zero-order valence-corrected chi connectivity index (χ0v) is 11.1. The summed E-state index contributed by atoms with van der Waals surface area (Å²) in [5.41, 5.74) is 0.194. The Labute approximate surface area is 109 Å². The highest BCUT2D eigenvalue weighted by Crippen LogP contribution is 2.06. The first-order valence-electron chi connectivity index (χ1n) is 5.92. The number of aromatic nitrogens is 4. The molecule has 0 aliphatic rings. The van der Waals surface area contributed by atoms with Crippen LogP contribution in [0, 0.1) is 0 Å². The molecule has 0 radical (unpaired) electrons. The van der Waals surface area contributed by atoms with Crippen molar-refractivity contribution in [2.45, 2.75) is 6.92 Å². The maximum atomic E-state index is 11.8. The van der Waals surface area contributed by atoms with Gasteiger partial charge in [-0.3, -0.25) is 19.3 Å². The van der Waals surface area contributed by atoms with Crippen LogP contribution in [-0.2, 0) is 11.8 Å². The van der Waals surface area contributed by atoms with Crippen LogP contribution in [0.5, 0.6) is 0 Å². The number of nitrogens with zero attached hydrogens (tertiary/aromatic N) is 4. The van der Waals surface area contributed by atoms with Crippen LogP contribution in [0.4, 0.5) is 5.95 Å². The second-order valence-corrected chi connectivity index (χ2v) is 4.18. The van der Waals surface area contributed by atoms with E-state index in [0.29, 0.717) is 17.6 Å². The van der Waals surface area contributed by atoms with Crippen molar-refractivity contribution in [3.63, 3.8) is 0 Å². The minimum absolute atomic E-state index is 0.0738. The molecule has 0 fully saturated rings. The Balaban J connectivity index is 2.20. The fourth-order valence-corrected chi connectivity index (χ4v) is 1.59. The summed E-state index contributed by atoms with van der Waals surface area (Å²) in [5.74, 6) is 0.189. The molecule has 19 heavy (non-hydrogen) atoms. The zero-order valence-electron chi connectivity index (χ0n) is 11.1. The quantitative estimate of drug-likeness (QED) is 0.779. The molecule has 0 aliphatic heterocycles. The van der Waals surface area contributed by atoms with E-state index in [4.69, 9.17) is 0 Å². The Morgan fingerprint density at radius 3 is 3.00 bits per heavy atom. The normalized spacial score (nSPS) is 10.7. The molecule has 0 atom stereocenters. The highest BCUT2D eigenvalue weighted by Gasteiger charge is 2.10. The van der Waals surface area contributed by atoms with E-state index in [9.17, 15) is 9.59 Å². The molecule has 1 amide bonds. The van der Waals surface area contributed by atoms with E-state index in [1.54, 1.807) is 19.0 Å². The van der Waals surface area contributed by atoms with E-state index < -0.39 is 0 Å². The van der Waals surface area contributed by atoms with Gasteiger partial charge >= 0.3 is 0 Å². The number of likely N-dealkylation sites (N-methyl/N-ethyl adjacent to an activating group) is 1. The second-order valence-electron chi connectivity index (χ2n) is 4.18. The fourth-order valence-electron chi connectivity index (χ4n) is 1.59. The van der Waals surface area contributed by atoms with E-state index in [1.807, 2.05) is 6.92 Å². The van der Waals surface area contributed by atoms with Gasteiger partial charge in [-0.2, -0.15) is 10.1 Å². The number of aromatic amines is 1. The molecule has 2 heterocycles. The molecule has 0 unspecified atom stereocenters. The van der Waals surface area contributed by atoms with E-state index in [2.05, 4.69) is 20.4 Å². The van der Waals surface area contributed by atoms with Crippen molar-refractivity contribution < 1.29 is 4.79 Å². The lowest BCUT2D eigenvalue weighted by Gasteiger charge is -2.14. The number of carbonyl (C=O) groups is 1. The summed E-state index contributed by atoms with van der Waals surface area (Å²) >= 11 is 0. The number of carbonyl (C=O) groups excluding carboxylic acids is 1. The lowest BCUT2D eigenvalue weighted by molar-refractivity contribution is -0.127. The Bertz CT molecular complexity index is 659. The van der Waals surface area contributed by atoms with E-state index in [1.165, 1.54) is 10.9 Å². The van der Waals surface area contributed by atoms with Gasteiger partial charge in [0.15, 0.2) is 5.65 Å². The van der Waals surface area contributed by atoms with Gasteiger partial charge in [0.05, 0.1) is 12.7 Å². The molecule has 0 aliphatic carbocycles. The Hall–Kier alpha value is -2.38. The molecule has 0 spiro atoms. The summed E-state index contributed by atoms with van der Waals surface area (Å²) in [6.07, 6.45) is 1.46. The van der Waals surface area contributed by atoms with Crippen molar-refractivity contribution in [1.82, 2.24) is 24.6 Å². The first-order chi connectivity index (χ1) is 9.02. The third kappa shape index (κ3) is 2.56. The van der Waals surface area contributed by atoms with Gasteiger partial charge in [-0.1, -0.05) is 0 Å². The van der Waals surface area contributed by atoms with Gasteiger partial charge in [0, 0.05) is 20.6 Å². The molecular weight excluding hydrogens is 248 g/mol. The van der Waals surface area contributed by atoms with Crippen LogP contribution < -0.4 is 10.9 Å². The van der Waals surface area contributed by atoms with E-state index in [0.717, 1.165) is 0 Å². The van der Waals surface area contributed by atoms with Crippen LogP contribution in [0.25, 0.3) is 11.0 Å². The SMILES string of the molecule is CCN(C)C(=O)CNc1nc2c(cnn2C)c(=O)[nH]1. The van der Waals surface area contributed by atoms with Crippen molar-refractivity contribution in [3.05, 3.63) is 16.6 Å². The average Bonchev–Trinajstić information content (AvgIpc) is 2.77. The molecule has 0 saturated carbocycles. The Kier molecular flexibility index (Phi) is 3.50. The molecule has 0 bridgehead atoms. The molecule has 2 N–H and O–H groups in total. The average molecular weight is 264 g/mol. The minimum Gasteiger partial charge on any atom is -0.347 e. The van der Waals surface area contributed by atoms with E-state index >= 15 is 0 Å². The van der Waals surface area contributed by atoms with Crippen molar-refractivity contribution in [2.75, 3.05) is 25.5 Å². The number of rotatable bonds is 4. The molecule has 8 heteroatoms. The lowest BCUT2D eigenvalue weighted by atomic mass is 10.4. The second kappa shape index (κ2) is 5.09. The standard InChI is InChI=1S/C11H16N6O2/c1-4-16(2)8(18)6-12-11-14-9-7(10(19)15-11)5-13-17(9)3/h5H,4,6H2,1-3H3,(H2,12,14,15,19). The van der Waals surface area contributed by atoms with Crippen LogP contribution in [0.2, 0.25) is 0 Å². The molecular formula is C11H16N6O2. The highest BCUT2D eigenvalue weighted by molar-refractivity contribution is 5.80. The maximum Gasteiger partial charge on any atom is 0.263 e. The summed E-state index contributed by atoms with van der Waals surface area (Å²) in [6.45, 7) is 2.60. The van der Waals surface area contributed by atoms with Crippen molar-refractivity contribution in [1.29, 1.82) is 0 Å². The summed E-state index contributed by atoms with van der Waals surface area (Å²) in [6, 6.07) is 0. The molecule has 0 aromatic carbocycles. The van der Waals surface area contributed by atoms with Gasteiger partial charge in [0.1, 0.15) is 5.39 Å². The number of H-pyrrole nitrogens is 1. The number of amides is 1. The van der Waals surface area contributed by atoms with Crippen LogP contribution in [-0.4, -0.2) is 50.7 Å². The molecule has 2 aromatic heterocycles. The smallest absolute Gasteiger partial charge is 0.263 e. The first-order valence-corrected chi connectivity index (χ1v) is 5.92. The van der Waals surface area contributed by atoms with Crippen molar-refractivity contribution >= 4 is 22.9 Å². The number of hydrogen-bond acceptors (Lipinski definition) is 5. The first kappa shape index (κ1) is 13.1. The van der Waals surface area contributed by atoms with Crippen LogP contribution in [0.3, 0.4) is 0 Å². The number of fused-ring (bicyclic) bond motifs is 1. The Morgan fingerprint density at radius 2 is 2.32 bits per heavy atom. The lowest BCUT2D eigenvalue weighted by Crippen LogP contribution is -2.32. The number of hydrogen-bond donors (Lipinski definition) is 2. The van der Waals surface area contributed by atoms with Crippen LogP contribution >= 0.6 is 0 Å².